The number of hydrogen-bond donors (Lipinski definition) is 1. The van der Waals surface area contributed by atoms with Crippen molar-refractivity contribution in [3.63, 3.8) is 0 Å². The van der Waals surface area contributed by atoms with E-state index in [4.69, 9.17) is 23.2 Å². The van der Waals surface area contributed by atoms with E-state index in [1.54, 1.807) is 22.9 Å². The standard InChI is InChI=1S/C20H14Cl2N4O/c1-12-15(20(27)25-18-8-7-14(21)10-16(18)22)11-23-26(12)19-9-6-13-4-2-3-5-17(13)24-19/h2-11H,1H3,(H,25,27). The first-order valence-electron chi connectivity index (χ1n) is 8.20. The maximum absolute atomic E-state index is 12.7. The van der Waals surface area contributed by atoms with Crippen LogP contribution >= 0.6 is 23.2 Å². The van der Waals surface area contributed by atoms with Gasteiger partial charge in [-0.3, -0.25) is 4.79 Å². The quantitative estimate of drug-likeness (QED) is 0.511. The molecule has 134 valence electrons. The summed E-state index contributed by atoms with van der Waals surface area (Å²) in [7, 11) is 0. The molecule has 7 heteroatoms. The predicted octanol–water partition coefficient (Wildman–Crippen LogP) is 5.29. The first kappa shape index (κ1) is 17.5. The zero-order chi connectivity index (χ0) is 19.0. The highest BCUT2D eigenvalue weighted by Gasteiger charge is 2.17. The Morgan fingerprint density at radius 3 is 2.70 bits per heavy atom. The van der Waals surface area contributed by atoms with Gasteiger partial charge in [-0.2, -0.15) is 5.10 Å². The van der Waals surface area contributed by atoms with Crippen molar-refractivity contribution >= 4 is 45.7 Å². The van der Waals surface area contributed by atoms with Gasteiger partial charge in [-0.05, 0) is 43.3 Å². The Bertz CT molecular complexity index is 1170. The average molecular weight is 397 g/mol. The van der Waals surface area contributed by atoms with E-state index in [0.717, 1.165) is 10.9 Å². The zero-order valence-corrected chi connectivity index (χ0v) is 15.8. The molecule has 0 saturated heterocycles. The molecule has 0 aliphatic heterocycles. The summed E-state index contributed by atoms with van der Waals surface area (Å²) in [5.41, 5.74) is 2.47. The lowest BCUT2D eigenvalue weighted by molar-refractivity contribution is 0.102. The average Bonchev–Trinajstić information content (AvgIpc) is 3.05. The smallest absolute Gasteiger partial charge is 0.259 e. The Balaban J connectivity index is 1.65. The molecular weight excluding hydrogens is 383 g/mol. The highest BCUT2D eigenvalue weighted by molar-refractivity contribution is 6.36. The number of carbonyl (C=O) groups excluding carboxylic acids is 1. The number of aromatic nitrogens is 3. The number of amides is 1. The Hall–Kier alpha value is -2.89. The van der Waals surface area contributed by atoms with Crippen LogP contribution < -0.4 is 5.32 Å². The van der Waals surface area contributed by atoms with E-state index in [0.29, 0.717) is 32.8 Å². The minimum absolute atomic E-state index is 0.302. The topological polar surface area (TPSA) is 59.8 Å². The summed E-state index contributed by atoms with van der Waals surface area (Å²) in [6, 6.07) is 16.6. The third-order valence-corrected chi connectivity index (χ3v) is 4.78. The van der Waals surface area contributed by atoms with Gasteiger partial charge in [-0.25, -0.2) is 9.67 Å². The monoisotopic (exact) mass is 396 g/mol. The van der Waals surface area contributed by atoms with Gasteiger partial charge in [-0.15, -0.1) is 0 Å². The van der Waals surface area contributed by atoms with Crippen LogP contribution in [0, 0.1) is 6.92 Å². The van der Waals surface area contributed by atoms with Crippen molar-refractivity contribution in [3.05, 3.63) is 82.1 Å². The number of hydrogen-bond acceptors (Lipinski definition) is 3. The fraction of sp³-hybridized carbons (Fsp3) is 0.0500. The van der Waals surface area contributed by atoms with Gasteiger partial charge < -0.3 is 5.32 Å². The van der Waals surface area contributed by atoms with Crippen LogP contribution in [0.1, 0.15) is 16.1 Å². The number of carbonyl (C=O) groups is 1. The Morgan fingerprint density at radius 1 is 1.07 bits per heavy atom. The van der Waals surface area contributed by atoms with Gasteiger partial charge in [0.1, 0.15) is 0 Å². The first-order chi connectivity index (χ1) is 13.0. The normalized spacial score (nSPS) is 10.9. The molecule has 1 N–H and O–H groups in total. The number of fused-ring (bicyclic) bond motifs is 1. The van der Waals surface area contributed by atoms with Crippen molar-refractivity contribution in [1.29, 1.82) is 0 Å². The molecule has 2 aromatic heterocycles. The lowest BCUT2D eigenvalue weighted by Gasteiger charge is -2.08. The van der Waals surface area contributed by atoms with Crippen LogP contribution in [0.25, 0.3) is 16.7 Å². The highest BCUT2D eigenvalue weighted by Crippen LogP contribution is 2.26. The summed E-state index contributed by atoms with van der Waals surface area (Å²) in [5, 5.41) is 9.04. The zero-order valence-electron chi connectivity index (χ0n) is 14.3. The second kappa shape index (κ2) is 7.02. The van der Waals surface area contributed by atoms with Crippen molar-refractivity contribution < 1.29 is 4.79 Å². The number of halogens is 2. The van der Waals surface area contributed by atoms with Crippen LogP contribution in [0.2, 0.25) is 10.0 Å². The van der Waals surface area contributed by atoms with Gasteiger partial charge in [0, 0.05) is 10.4 Å². The van der Waals surface area contributed by atoms with Gasteiger partial charge >= 0.3 is 0 Å². The molecule has 2 heterocycles. The molecule has 1 amide bonds. The summed E-state index contributed by atoms with van der Waals surface area (Å²) >= 11 is 12.0. The molecule has 0 atom stereocenters. The van der Waals surface area contributed by atoms with Crippen LogP contribution in [-0.2, 0) is 0 Å². The SMILES string of the molecule is Cc1c(C(=O)Nc2ccc(Cl)cc2Cl)cnn1-c1ccc2ccccc2n1. The Kier molecular flexibility index (Phi) is 4.56. The summed E-state index contributed by atoms with van der Waals surface area (Å²) < 4.78 is 1.64. The van der Waals surface area contributed by atoms with Crippen LogP contribution in [0.5, 0.6) is 0 Å². The summed E-state index contributed by atoms with van der Waals surface area (Å²) in [6.07, 6.45) is 1.52. The van der Waals surface area contributed by atoms with Crippen LogP contribution in [-0.4, -0.2) is 20.7 Å². The van der Waals surface area contributed by atoms with E-state index >= 15 is 0 Å². The Morgan fingerprint density at radius 2 is 1.89 bits per heavy atom. The number of nitrogens with one attached hydrogen (secondary N) is 1. The van der Waals surface area contributed by atoms with Gasteiger partial charge in [0.2, 0.25) is 0 Å². The number of pyridine rings is 1. The van der Waals surface area contributed by atoms with Crippen LogP contribution in [0.3, 0.4) is 0 Å². The molecule has 27 heavy (non-hydrogen) atoms. The van der Waals surface area contributed by atoms with E-state index in [1.807, 2.05) is 43.3 Å². The van der Waals surface area contributed by atoms with Crippen molar-refractivity contribution in [2.24, 2.45) is 0 Å². The number of benzene rings is 2. The lowest BCUT2D eigenvalue weighted by Crippen LogP contribution is -2.13. The van der Waals surface area contributed by atoms with Crippen molar-refractivity contribution in [1.82, 2.24) is 14.8 Å². The van der Waals surface area contributed by atoms with Gasteiger partial charge in [0.25, 0.3) is 5.91 Å². The maximum Gasteiger partial charge on any atom is 0.259 e. The van der Waals surface area contributed by atoms with Crippen molar-refractivity contribution in [3.8, 4) is 5.82 Å². The minimum atomic E-state index is -0.302. The molecule has 0 unspecified atom stereocenters. The van der Waals surface area contributed by atoms with Gasteiger partial charge in [-0.1, -0.05) is 41.4 Å². The molecule has 0 aliphatic carbocycles. The van der Waals surface area contributed by atoms with Crippen LogP contribution in [0.15, 0.2) is 60.8 Å². The first-order valence-corrected chi connectivity index (χ1v) is 8.96. The van der Waals surface area contributed by atoms with Crippen LogP contribution in [0.4, 0.5) is 5.69 Å². The molecule has 0 spiro atoms. The molecule has 5 nitrogen and oxygen atoms in total. The fourth-order valence-corrected chi connectivity index (χ4v) is 3.27. The van der Waals surface area contributed by atoms with Crippen molar-refractivity contribution in [2.45, 2.75) is 6.92 Å². The van der Waals surface area contributed by atoms with E-state index in [-0.39, 0.29) is 5.91 Å². The minimum Gasteiger partial charge on any atom is -0.321 e. The molecule has 0 bridgehead atoms. The van der Waals surface area contributed by atoms with Gasteiger partial charge in [0.05, 0.1) is 33.7 Å². The third-order valence-electron chi connectivity index (χ3n) is 4.23. The second-order valence-electron chi connectivity index (χ2n) is 6.00. The van der Waals surface area contributed by atoms with E-state index < -0.39 is 0 Å². The van der Waals surface area contributed by atoms with E-state index in [1.165, 1.54) is 6.20 Å². The summed E-state index contributed by atoms with van der Waals surface area (Å²) in [6.45, 7) is 1.82. The third kappa shape index (κ3) is 3.39. The maximum atomic E-state index is 12.7. The number of para-hydroxylation sites is 1. The highest BCUT2D eigenvalue weighted by atomic mass is 35.5. The largest absolute Gasteiger partial charge is 0.321 e. The number of nitrogens with zero attached hydrogens (tertiary/aromatic N) is 3. The lowest BCUT2D eigenvalue weighted by atomic mass is 10.2. The number of rotatable bonds is 3. The molecule has 4 rings (SSSR count). The van der Waals surface area contributed by atoms with E-state index in [9.17, 15) is 4.79 Å². The second-order valence-corrected chi connectivity index (χ2v) is 6.84. The van der Waals surface area contributed by atoms with Gasteiger partial charge in [0.15, 0.2) is 5.82 Å². The predicted molar refractivity (Wildman–Crippen MR) is 108 cm³/mol. The van der Waals surface area contributed by atoms with Crippen molar-refractivity contribution in [2.75, 3.05) is 5.32 Å². The molecule has 2 aromatic carbocycles. The number of anilines is 1. The Labute approximate surface area is 165 Å². The molecule has 4 aromatic rings. The summed E-state index contributed by atoms with van der Waals surface area (Å²) in [4.78, 5) is 17.3. The molecule has 0 aliphatic rings. The summed E-state index contributed by atoms with van der Waals surface area (Å²) in [5.74, 6) is 0.346. The molecule has 0 saturated carbocycles. The van der Waals surface area contributed by atoms with E-state index in [2.05, 4.69) is 15.4 Å². The molecule has 0 radical (unpaired) electrons. The molecule has 0 fully saturated rings. The molecular formula is C20H14Cl2N4O. The fourth-order valence-electron chi connectivity index (χ4n) is 2.82.